The van der Waals surface area contributed by atoms with Crippen molar-refractivity contribution < 1.29 is 4.79 Å². The number of aliphatic imine (C=N–C) groups is 1. The van der Waals surface area contributed by atoms with E-state index in [0.29, 0.717) is 5.91 Å². The number of rotatable bonds is 8. The Kier molecular flexibility index (Phi) is 9.82. The van der Waals surface area contributed by atoms with Crippen LogP contribution in [0.5, 0.6) is 0 Å². The Hall–Kier alpha value is -1.30. The number of hydrogen-bond donors (Lipinski definition) is 2. The van der Waals surface area contributed by atoms with Gasteiger partial charge in [-0.25, -0.2) is 0 Å². The molecule has 6 heteroatoms. The van der Waals surface area contributed by atoms with Crippen LogP contribution >= 0.6 is 0 Å². The van der Waals surface area contributed by atoms with Crippen molar-refractivity contribution in [2.45, 2.75) is 58.8 Å². The van der Waals surface area contributed by atoms with Gasteiger partial charge in [0.25, 0.3) is 0 Å². The number of guanidine groups is 1. The van der Waals surface area contributed by atoms with Gasteiger partial charge in [-0.15, -0.1) is 0 Å². The van der Waals surface area contributed by atoms with Crippen LogP contribution in [0.25, 0.3) is 0 Å². The van der Waals surface area contributed by atoms with Gasteiger partial charge in [-0.2, -0.15) is 0 Å². The number of nitrogens with zero attached hydrogens (tertiary/aromatic N) is 3. The SMILES string of the molecule is CCNC(=NCCCN1CCCCCC1=O)NCCN1CCCC(C)C1. The Morgan fingerprint density at radius 2 is 2.04 bits per heavy atom. The molecular weight excluding hydrogens is 326 g/mol. The van der Waals surface area contributed by atoms with Crippen LogP contribution in [-0.2, 0) is 4.79 Å². The molecule has 0 aromatic rings. The minimum Gasteiger partial charge on any atom is -0.357 e. The van der Waals surface area contributed by atoms with Crippen LogP contribution in [0.1, 0.15) is 58.8 Å². The van der Waals surface area contributed by atoms with Gasteiger partial charge >= 0.3 is 0 Å². The van der Waals surface area contributed by atoms with Gasteiger partial charge in [-0.1, -0.05) is 13.3 Å². The number of carbonyl (C=O) groups excluding carboxylic acids is 1. The monoisotopic (exact) mass is 365 g/mol. The first-order chi connectivity index (χ1) is 12.7. The molecule has 0 bridgehead atoms. The number of carbonyl (C=O) groups is 1. The fourth-order valence-electron chi connectivity index (χ4n) is 3.89. The molecule has 1 unspecified atom stereocenters. The van der Waals surface area contributed by atoms with Gasteiger partial charge in [0.1, 0.15) is 0 Å². The average molecular weight is 366 g/mol. The number of nitrogens with one attached hydrogen (secondary N) is 2. The first-order valence-corrected chi connectivity index (χ1v) is 10.7. The molecule has 2 rings (SSSR count). The Morgan fingerprint density at radius 3 is 2.85 bits per heavy atom. The molecule has 0 radical (unpaired) electrons. The molecule has 26 heavy (non-hydrogen) atoms. The van der Waals surface area contributed by atoms with Crippen molar-refractivity contribution in [2.75, 3.05) is 52.4 Å². The van der Waals surface area contributed by atoms with Crippen molar-refractivity contribution >= 4 is 11.9 Å². The van der Waals surface area contributed by atoms with Crippen molar-refractivity contribution in [1.82, 2.24) is 20.4 Å². The van der Waals surface area contributed by atoms with E-state index in [4.69, 9.17) is 0 Å². The van der Waals surface area contributed by atoms with Gasteiger partial charge in [-0.3, -0.25) is 9.79 Å². The van der Waals surface area contributed by atoms with Gasteiger partial charge < -0.3 is 20.4 Å². The molecule has 1 atom stereocenters. The molecule has 0 aliphatic carbocycles. The largest absolute Gasteiger partial charge is 0.357 e. The highest BCUT2D eigenvalue weighted by Gasteiger charge is 2.16. The summed E-state index contributed by atoms with van der Waals surface area (Å²) < 4.78 is 0. The second-order valence-corrected chi connectivity index (χ2v) is 7.78. The van der Waals surface area contributed by atoms with Gasteiger partial charge in [0, 0.05) is 52.2 Å². The first kappa shape index (κ1) is 21.0. The summed E-state index contributed by atoms with van der Waals surface area (Å²) in [5.74, 6) is 2.05. The van der Waals surface area contributed by atoms with E-state index in [0.717, 1.165) is 76.8 Å². The Morgan fingerprint density at radius 1 is 1.15 bits per heavy atom. The summed E-state index contributed by atoms with van der Waals surface area (Å²) >= 11 is 0. The minimum atomic E-state index is 0.326. The van der Waals surface area contributed by atoms with Crippen LogP contribution < -0.4 is 10.6 Å². The number of amides is 1. The number of hydrogen-bond acceptors (Lipinski definition) is 3. The van der Waals surface area contributed by atoms with E-state index in [1.165, 1.54) is 32.4 Å². The molecular formula is C20H39N5O. The molecule has 150 valence electrons. The van der Waals surface area contributed by atoms with E-state index in [9.17, 15) is 4.79 Å². The van der Waals surface area contributed by atoms with Crippen LogP contribution in [-0.4, -0.2) is 74.0 Å². The average Bonchev–Trinajstić information content (AvgIpc) is 2.83. The highest BCUT2D eigenvalue weighted by atomic mass is 16.2. The summed E-state index contributed by atoms with van der Waals surface area (Å²) in [6, 6.07) is 0. The van der Waals surface area contributed by atoms with Crippen molar-refractivity contribution in [3.05, 3.63) is 0 Å². The predicted octanol–water partition coefficient (Wildman–Crippen LogP) is 2.07. The molecule has 6 nitrogen and oxygen atoms in total. The quantitative estimate of drug-likeness (QED) is 0.393. The van der Waals surface area contributed by atoms with Crippen molar-refractivity contribution in [3.8, 4) is 0 Å². The second kappa shape index (κ2) is 12.2. The fourth-order valence-corrected chi connectivity index (χ4v) is 3.89. The Balaban J connectivity index is 1.65. The smallest absolute Gasteiger partial charge is 0.222 e. The lowest BCUT2D eigenvalue weighted by Crippen LogP contribution is -2.43. The topological polar surface area (TPSA) is 60.0 Å². The summed E-state index contributed by atoms with van der Waals surface area (Å²) in [5, 5.41) is 6.78. The van der Waals surface area contributed by atoms with Crippen LogP contribution in [0.15, 0.2) is 4.99 Å². The summed E-state index contributed by atoms with van der Waals surface area (Å²) in [6.45, 7) is 12.3. The van der Waals surface area contributed by atoms with E-state index in [-0.39, 0.29) is 0 Å². The molecule has 2 aliphatic rings. The molecule has 0 spiro atoms. The molecule has 2 saturated heterocycles. The molecule has 2 aliphatic heterocycles. The standard InChI is InChI=1S/C20H39N5O/c1-3-21-20(23-12-16-24-13-7-9-18(2)17-24)22-11-8-15-25-14-6-4-5-10-19(25)26/h18H,3-17H2,1-2H3,(H2,21,22,23). The van der Waals surface area contributed by atoms with Crippen LogP contribution in [0.2, 0.25) is 0 Å². The van der Waals surface area contributed by atoms with E-state index in [2.05, 4.69) is 34.4 Å². The summed E-state index contributed by atoms with van der Waals surface area (Å²) in [5.41, 5.74) is 0. The van der Waals surface area contributed by atoms with E-state index >= 15 is 0 Å². The summed E-state index contributed by atoms with van der Waals surface area (Å²) in [4.78, 5) is 21.3. The molecule has 2 heterocycles. The summed E-state index contributed by atoms with van der Waals surface area (Å²) in [6.07, 6.45) is 7.74. The van der Waals surface area contributed by atoms with Crippen molar-refractivity contribution in [2.24, 2.45) is 10.9 Å². The third-order valence-corrected chi connectivity index (χ3v) is 5.33. The lowest BCUT2D eigenvalue weighted by Gasteiger charge is -2.30. The highest BCUT2D eigenvalue weighted by Crippen LogP contribution is 2.14. The molecule has 0 aromatic carbocycles. The lowest BCUT2D eigenvalue weighted by molar-refractivity contribution is -0.130. The van der Waals surface area contributed by atoms with E-state index < -0.39 is 0 Å². The van der Waals surface area contributed by atoms with Gasteiger partial charge in [0.05, 0.1) is 0 Å². The third-order valence-electron chi connectivity index (χ3n) is 5.33. The normalized spacial score (nSPS) is 23.0. The van der Waals surface area contributed by atoms with E-state index in [1.807, 2.05) is 4.90 Å². The van der Waals surface area contributed by atoms with E-state index in [1.54, 1.807) is 0 Å². The van der Waals surface area contributed by atoms with Gasteiger partial charge in [-0.05, 0) is 51.5 Å². The van der Waals surface area contributed by atoms with Crippen molar-refractivity contribution in [3.63, 3.8) is 0 Å². The molecule has 2 fully saturated rings. The predicted molar refractivity (Wildman–Crippen MR) is 108 cm³/mol. The lowest BCUT2D eigenvalue weighted by atomic mass is 10.0. The zero-order valence-corrected chi connectivity index (χ0v) is 16.9. The first-order valence-electron chi connectivity index (χ1n) is 10.7. The van der Waals surface area contributed by atoms with Crippen LogP contribution in [0, 0.1) is 5.92 Å². The second-order valence-electron chi connectivity index (χ2n) is 7.78. The Labute approximate surface area is 159 Å². The maximum atomic E-state index is 12.0. The molecule has 0 aromatic heterocycles. The third kappa shape index (κ3) is 7.94. The Bertz CT molecular complexity index is 440. The number of likely N-dealkylation sites (tertiary alicyclic amines) is 2. The van der Waals surface area contributed by atoms with Crippen LogP contribution in [0.4, 0.5) is 0 Å². The minimum absolute atomic E-state index is 0.326. The molecule has 0 saturated carbocycles. The molecule has 1 amide bonds. The van der Waals surface area contributed by atoms with Crippen LogP contribution in [0.3, 0.4) is 0 Å². The maximum Gasteiger partial charge on any atom is 0.222 e. The van der Waals surface area contributed by atoms with Crippen molar-refractivity contribution in [1.29, 1.82) is 0 Å². The maximum absolute atomic E-state index is 12.0. The fraction of sp³-hybridized carbons (Fsp3) is 0.900. The van der Waals surface area contributed by atoms with Gasteiger partial charge in [0.15, 0.2) is 5.96 Å². The zero-order valence-electron chi connectivity index (χ0n) is 16.9. The number of piperidine rings is 1. The highest BCUT2D eigenvalue weighted by molar-refractivity contribution is 5.79. The molecule has 2 N–H and O–H groups in total. The summed E-state index contributed by atoms with van der Waals surface area (Å²) in [7, 11) is 0. The zero-order chi connectivity index (χ0) is 18.6. The van der Waals surface area contributed by atoms with Gasteiger partial charge in [0.2, 0.25) is 5.91 Å².